The maximum absolute atomic E-state index is 13.4. The number of sulfone groups is 1. The summed E-state index contributed by atoms with van der Waals surface area (Å²) in [5, 5.41) is 10.7. The highest BCUT2D eigenvalue weighted by Crippen LogP contribution is 2.32. The summed E-state index contributed by atoms with van der Waals surface area (Å²) >= 11 is 1.49. The number of rotatable bonds is 9. The van der Waals surface area contributed by atoms with Gasteiger partial charge in [-0.1, -0.05) is 0 Å². The van der Waals surface area contributed by atoms with Gasteiger partial charge in [-0.25, -0.2) is 13.2 Å². The molecule has 11 nitrogen and oxygen atoms in total. The molecule has 2 heterocycles. The van der Waals surface area contributed by atoms with Crippen molar-refractivity contribution in [1.29, 1.82) is 0 Å². The number of ether oxygens (including phenoxy) is 1. The molecule has 0 saturated carbocycles. The Balaban J connectivity index is 1.40. The molecule has 0 unspecified atom stereocenters. The zero-order valence-corrected chi connectivity index (χ0v) is 25.5. The molecule has 0 bridgehead atoms. The number of hydrogen-bond donors (Lipinski definition) is 4. The Morgan fingerprint density at radius 3 is 2.45 bits per heavy atom. The van der Waals surface area contributed by atoms with Crippen LogP contribution in [-0.2, 0) is 25.5 Å². The van der Waals surface area contributed by atoms with Crippen molar-refractivity contribution in [2.75, 3.05) is 63.3 Å². The first-order valence-corrected chi connectivity index (χ1v) is 16.7. The van der Waals surface area contributed by atoms with Crippen molar-refractivity contribution >= 4 is 45.1 Å². The largest absolute Gasteiger partial charge is 0.416 e. The Hall–Kier alpha value is -3.34. The lowest BCUT2D eigenvalue weighted by Crippen LogP contribution is -2.54. The van der Waals surface area contributed by atoms with E-state index in [-0.39, 0.29) is 29.4 Å². The minimum Gasteiger partial charge on any atom is -0.378 e. The number of anilines is 1. The molecule has 0 aromatic heterocycles. The molecule has 2 aromatic carbocycles. The van der Waals surface area contributed by atoms with Crippen molar-refractivity contribution < 1.29 is 40.7 Å². The normalized spacial score (nSPS) is 19.2. The number of nitrogens with one attached hydrogen (secondary N) is 4. The van der Waals surface area contributed by atoms with Gasteiger partial charge in [-0.15, -0.1) is 11.8 Å². The van der Waals surface area contributed by atoms with Gasteiger partial charge < -0.3 is 30.9 Å². The molecule has 4 amide bonds. The Kier molecular flexibility index (Phi) is 11.2. The Morgan fingerprint density at radius 1 is 1.09 bits per heavy atom. The van der Waals surface area contributed by atoms with Crippen LogP contribution in [0.3, 0.4) is 0 Å². The van der Waals surface area contributed by atoms with E-state index >= 15 is 0 Å². The summed E-state index contributed by atoms with van der Waals surface area (Å²) in [6.07, 6.45) is -2.38. The highest BCUT2D eigenvalue weighted by molar-refractivity contribution is 7.98. The molecule has 2 aliphatic rings. The van der Waals surface area contributed by atoms with E-state index in [0.717, 1.165) is 17.0 Å². The van der Waals surface area contributed by atoms with Gasteiger partial charge in [0.05, 0.1) is 47.2 Å². The van der Waals surface area contributed by atoms with E-state index in [1.807, 2.05) is 6.26 Å². The van der Waals surface area contributed by atoms with E-state index in [1.54, 1.807) is 24.3 Å². The smallest absolute Gasteiger partial charge is 0.378 e. The molecule has 4 N–H and O–H groups in total. The second-order valence-corrected chi connectivity index (χ2v) is 13.3. The summed E-state index contributed by atoms with van der Waals surface area (Å²) < 4.78 is 71.7. The number of carbonyl (C=O) groups excluding carboxylic acids is 3. The Labute approximate surface area is 257 Å². The van der Waals surface area contributed by atoms with Crippen LogP contribution in [0.15, 0.2) is 52.3 Å². The van der Waals surface area contributed by atoms with Crippen molar-refractivity contribution in [3.05, 3.63) is 53.6 Å². The van der Waals surface area contributed by atoms with E-state index in [1.165, 1.54) is 16.7 Å². The van der Waals surface area contributed by atoms with Crippen LogP contribution >= 0.6 is 11.8 Å². The van der Waals surface area contributed by atoms with Gasteiger partial charge in [0, 0.05) is 30.6 Å². The number of halogens is 3. The van der Waals surface area contributed by atoms with Crippen molar-refractivity contribution in [3.63, 3.8) is 0 Å². The molecule has 2 aromatic rings. The second-order valence-electron chi connectivity index (χ2n) is 10.4. The first-order chi connectivity index (χ1) is 20.9. The summed E-state index contributed by atoms with van der Waals surface area (Å²) in [4.78, 5) is 41.0. The standard InChI is InChI=1S/C28H34F3N5O6S2/c1-43-20-3-5-21(6-4-20)44(40,41)17-18-8-9-32-15-24(18)34-25(37)16-33-26(38)22-14-19(28(29,30)31)2-7-23(22)35-27(39)36-10-12-42-13-11-36/h2-7,14,18,24,32H,8-13,15-17H2,1H3,(H,33,38)(H,34,37)(H,35,39)/t18-,24-/m0/s1. The molecular weight excluding hydrogens is 623 g/mol. The molecule has 4 rings (SSSR count). The second kappa shape index (κ2) is 14.6. The summed E-state index contributed by atoms with van der Waals surface area (Å²) in [7, 11) is -3.65. The third-order valence-electron chi connectivity index (χ3n) is 7.36. The fourth-order valence-corrected chi connectivity index (χ4v) is 7.05. The average molecular weight is 658 g/mol. The summed E-state index contributed by atoms with van der Waals surface area (Å²) in [6, 6.07) is 7.74. The topological polar surface area (TPSA) is 146 Å². The minimum atomic E-state index is -4.75. The number of morpholine rings is 1. The number of benzene rings is 2. The fourth-order valence-electron chi connectivity index (χ4n) is 4.93. The van der Waals surface area contributed by atoms with Crippen LogP contribution in [0.1, 0.15) is 22.3 Å². The van der Waals surface area contributed by atoms with Crippen molar-refractivity contribution in [2.24, 2.45) is 5.92 Å². The van der Waals surface area contributed by atoms with Crippen LogP contribution in [0.4, 0.5) is 23.7 Å². The van der Waals surface area contributed by atoms with Gasteiger partial charge in [-0.05, 0) is 67.6 Å². The molecule has 0 radical (unpaired) electrons. The lowest BCUT2D eigenvalue weighted by atomic mass is 9.94. The molecule has 0 spiro atoms. The number of thioether (sulfide) groups is 1. The number of amides is 4. The Morgan fingerprint density at radius 2 is 1.80 bits per heavy atom. The van der Waals surface area contributed by atoms with Gasteiger partial charge in [-0.2, -0.15) is 13.2 Å². The van der Waals surface area contributed by atoms with Crippen LogP contribution in [-0.4, -0.2) is 95.2 Å². The number of urea groups is 1. The minimum absolute atomic E-state index is 0.153. The van der Waals surface area contributed by atoms with Crippen LogP contribution in [0.25, 0.3) is 0 Å². The van der Waals surface area contributed by atoms with Gasteiger partial charge in [0.25, 0.3) is 5.91 Å². The Bertz CT molecular complexity index is 1450. The summed E-state index contributed by atoms with van der Waals surface area (Å²) in [5.41, 5.74) is -1.72. The average Bonchev–Trinajstić information content (AvgIpc) is 3.00. The maximum Gasteiger partial charge on any atom is 0.416 e. The van der Waals surface area contributed by atoms with Crippen molar-refractivity contribution in [3.8, 4) is 0 Å². The van der Waals surface area contributed by atoms with Gasteiger partial charge >= 0.3 is 12.2 Å². The van der Waals surface area contributed by atoms with Gasteiger partial charge in [0.15, 0.2) is 9.84 Å². The summed E-state index contributed by atoms with van der Waals surface area (Å²) in [5.74, 6) is -2.25. The van der Waals surface area contributed by atoms with Crippen molar-refractivity contribution in [2.45, 2.75) is 28.4 Å². The van der Waals surface area contributed by atoms with E-state index in [4.69, 9.17) is 4.74 Å². The predicted molar refractivity (Wildman–Crippen MR) is 158 cm³/mol. The lowest BCUT2D eigenvalue weighted by molar-refractivity contribution is -0.137. The number of carbonyl (C=O) groups is 3. The highest BCUT2D eigenvalue weighted by atomic mass is 32.2. The van der Waals surface area contributed by atoms with Gasteiger partial charge in [-0.3, -0.25) is 9.59 Å². The van der Waals surface area contributed by atoms with Gasteiger partial charge in [0.1, 0.15) is 0 Å². The number of alkyl halides is 3. The third kappa shape index (κ3) is 8.86. The van der Waals surface area contributed by atoms with E-state index < -0.39 is 63.5 Å². The molecule has 2 atom stereocenters. The van der Waals surface area contributed by atoms with E-state index in [9.17, 15) is 36.0 Å². The number of piperidine rings is 1. The lowest BCUT2D eigenvalue weighted by Gasteiger charge is -2.32. The van der Waals surface area contributed by atoms with Crippen LogP contribution in [0, 0.1) is 5.92 Å². The van der Waals surface area contributed by atoms with Crippen LogP contribution < -0.4 is 21.3 Å². The molecule has 0 aliphatic carbocycles. The van der Waals surface area contributed by atoms with Crippen molar-refractivity contribution in [1.82, 2.24) is 20.9 Å². The first kappa shape index (κ1) is 33.6. The zero-order chi connectivity index (χ0) is 31.9. The quantitative estimate of drug-likeness (QED) is 0.301. The maximum atomic E-state index is 13.4. The third-order valence-corrected chi connectivity index (χ3v) is 9.97. The molecule has 2 fully saturated rings. The predicted octanol–water partition coefficient (Wildman–Crippen LogP) is 2.59. The number of nitrogens with zero attached hydrogens (tertiary/aromatic N) is 1. The van der Waals surface area contributed by atoms with E-state index in [0.29, 0.717) is 38.8 Å². The molecule has 240 valence electrons. The highest BCUT2D eigenvalue weighted by Gasteiger charge is 2.33. The molecular formula is C28H34F3N5O6S2. The molecule has 44 heavy (non-hydrogen) atoms. The van der Waals surface area contributed by atoms with Crippen LogP contribution in [0.5, 0.6) is 0 Å². The van der Waals surface area contributed by atoms with Crippen LogP contribution in [0.2, 0.25) is 0 Å². The molecule has 2 aliphatic heterocycles. The van der Waals surface area contributed by atoms with E-state index in [2.05, 4.69) is 21.3 Å². The monoisotopic (exact) mass is 657 g/mol. The number of hydrogen-bond acceptors (Lipinski definition) is 8. The zero-order valence-electron chi connectivity index (χ0n) is 23.9. The summed E-state index contributed by atoms with van der Waals surface area (Å²) in [6.45, 7) is 1.43. The van der Waals surface area contributed by atoms with Gasteiger partial charge in [0.2, 0.25) is 5.91 Å². The fraction of sp³-hybridized carbons (Fsp3) is 0.464. The SMILES string of the molecule is CSc1ccc(S(=O)(=O)C[C@@H]2CCNC[C@@H]2NC(=O)CNC(=O)c2cc(C(F)(F)F)ccc2NC(=O)N2CCOCC2)cc1. The molecule has 16 heteroatoms. The first-order valence-electron chi connectivity index (χ1n) is 13.9. The molecule has 2 saturated heterocycles.